The number of thiophene rings is 1. The highest BCUT2D eigenvalue weighted by molar-refractivity contribution is 7.15. The van der Waals surface area contributed by atoms with Crippen LogP contribution in [0.5, 0.6) is 0 Å². The molecule has 25 heavy (non-hydrogen) atoms. The summed E-state index contributed by atoms with van der Waals surface area (Å²) >= 11 is 2.76. The van der Waals surface area contributed by atoms with Gasteiger partial charge in [0.2, 0.25) is 0 Å². The number of hydrogen-bond acceptors (Lipinski definition) is 6. The van der Waals surface area contributed by atoms with E-state index in [0.717, 1.165) is 15.5 Å². The summed E-state index contributed by atoms with van der Waals surface area (Å²) < 4.78 is 1.51. The molecule has 0 aliphatic carbocycles. The van der Waals surface area contributed by atoms with Crippen LogP contribution >= 0.6 is 22.7 Å². The van der Waals surface area contributed by atoms with Crippen molar-refractivity contribution >= 4 is 39.6 Å². The van der Waals surface area contributed by atoms with E-state index in [9.17, 15) is 14.4 Å². The van der Waals surface area contributed by atoms with E-state index in [4.69, 9.17) is 0 Å². The first-order chi connectivity index (χ1) is 11.9. The zero-order valence-corrected chi connectivity index (χ0v) is 15.1. The van der Waals surface area contributed by atoms with Crippen LogP contribution < -0.4 is 10.9 Å². The number of carbonyl (C=O) groups excluding carboxylic acids is 2. The summed E-state index contributed by atoms with van der Waals surface area (Å²) in [5, 5.41) is 6.45. The molecule has 1 unspecified atom stereocenters. The van der Waals surface area contributed by atoms with Crippen LogP contribution in [-0.4, -0.2) is 26.2 Å². The van der Waals surface area contributed by atoms with Crippen molar-refractivity contribution in [1.82, 2.24) is 19.6 Å². The molecule has 1 aliphatic rings. The molecule has 4 heterocycles. The Hall–Kier alpha value is -2.52. The first kappa shape index (κ1) is 16.0. The number of urea groups is 1. The number of nitrogens with one attached hydrogen (secondary N) is 1. The molecule has 0 spiro atoms. The highest BCUT2D eigenvalue weighted by atomic mass is 32.1. The van der Waals surface area contributed by atoms with E-state index in [1.165, 1.54) is 33.1 Å². The van der Waals surface area contributed by atoms with Crippen molar-refractivity contribution in [2.45, 2.75) is 25.9 Å². The largest absolute Gasteiger partial charge is 0.325 e. The van der Waals surface area contributed by atoms with Gasteiger partial charge in [-0.3, -0.25) is 18.9 Å². The molecule has 9 heteroatoms. The Balaban J connectivity index is 1.68. The van der Waals surface area contributed by atoms with Crippen LogP contribution in [0.4, 0.5) is 4.79 Å². The lowest BCUT2D eigenvalue weighted by molar-refractivity contribution is -0.131. The second-order valence-electron chi connectivity index (χ2n) is 6.00. The lowest BCUT2D eigenvalue weighted by Crippen LogP contribution is -2.40. The van der Waals surface area contributed by atoms with Crippen molar-refractivity contribution < 1.29 is 9.59 Å². The van der Waals surface area contributed by atoms with E-state index in [0.29, 0.717) is 10.7 Å². The van der Waals surface area contributed by atoms with Gasteiger partial charge in [-0.15, -0.1) is 22.7 Å². The number of amides is 3. The molecular weight excluding hydrogens is 360 g/mol. The third-order valence-electron chi connectivity index (χ3n) is 4.24. The SMILES string of the molecule is Cc1csc2nc(CN3C(=O)NC(C)(c4cccs4)C3=O)cc(=O)n12. The second-order valence-corrected chi connectivity index (χ2v) is 7.79. The summed E-state index contributed by atoms with van der Waals surface area (Å²) in [5.41, 5.74) is -0.0916. The maximum Gasteiger partial charge on any atom is 0.325 e. The molecule has 128 valence electrons. The van der Waals surface area contributed by atoms with Crippen LogP contribution in [0, 0.1) is 6.92 Å². The van der Waals surface area contributed by atoms with Crippen LogP contribution in [0.1, 0.15) is 23.2 Å². The fraction of sp³-hybridized carbons (Fsp3) is 0.250. The number of carbonyl (C=O) groups is 2. The Morgan fingerprint density at radius 3 is 2.80 bits per heavy atom. The Morgan fingerprint density at radius 2 is 2.08 bits per heavy atom. The molecular formula is C16H14N4O3S2. The number of fused-ring (bicyclic) bond motifs is 1. The Kier molecular flexibility index (Phi) is 3.51. The molecule has 0 bridgehead atoms. The molecule has 3 aromatic heterocycles. The third kappa shape index (κ3) is 2.38. The number of thiazole rings is 1. The minimum absolute atomic E-state index is 0.0334. The highest BCUT2D eigenvalue weighted by Crippen LogP contribution is 2.32. The molecule has 0 saturated carbocycles. The summed E-state index contributed by atoms with van der Waals surface area (Å²) in [5.74, 6) is -0.343. The molecule has 1 N–H and O–H groups in total. The maximum atomic E-state index is 12.8. The van der Waals surface area contributed by atoms with Gasteiger partial charge in [-0.05, 0) is 25.3 Å². The van der Waals surface area contributed by atoms with E-state index in [1.807, 2.05) is 29.8 Å². The Bertz CT molecular complexity index is 1050. The topological polar surface area (TPSA) is 83.8 Å². The molecule has 0 radical (unpaired) electrons. The van der Waals surface area contributed by atoms with E-state index in [1.54, 1.807) is 6.92 Å². The number of imide groups is 1. The number of hydrogen-bond donors (Lipinski definition) is 1. The lowest BCUT2D eigenvalue weighted by atomic mass is 10.0. The van der Waals surface area contributed by atoms with Gasteiger partial charge in [0.25, 0.3) is 11.5 Å². The molecule has 3 aromatic rings. The third-order valence-corrected chi connectivity index (χ3v) is 6.27. The zero-order chi connectivity index (χ0) is 17.8. The van der Waals surface area contributed by atoms with Gasteiger partial charge in [-0.2, -0.15) is 0 Å². The van der Waals surface area contributed by atoms with Crippen LogP contribution in [0.3, 0.4) is 0 Å². The fourth-order valence-corrected chi connectivity index (χ4v) is 4.64. The van der Waals surface area contributed by atoms with E-state index in [2.05, 4.69) is 10.3 Å². The van der Waals surface area contributed by atoms with Gasteiger partial charge >= 0.3 is 6.03 Å². The van der Waals surface area contributed by atoms with Crippen molar-refractivity contribution in [3.63, 3.8) is 0 Å². The molecule has 1 fully saturated rings. The van der Waals surface area contributed by atoms with Gasteiger partial charge in [0.05, 0.1) is 12.2 Å². The molecule has 0 aromatic carbocycles. The van der Waals surface area contributed by atoms with E-state index < -0.39 is 11.6 Å². The van der Waals surface area contributed by atoms with E-state index in [-0.39, 0.29) is 18.0 Å². The number of nitrogens with zero attached hydrogens (tertiary/aromatic N) is 3. The predicted octanol–water partition coefficient (Wildman–Crippen LogP) is 2.09. The van der Waals surface area contributed by atoms with Gasteiger partial charge in [-0.25, -0.2) is 9.78 Å². The normalized spacial score (nSPS) is 20.5. The monoisotopic (exact) mass is 374 g/mol. The maximum absolute atomic E-state index is 12.8. The summed E-state index contributed by atoms with van der Waals surface area (Å²) in [4.78, 5) is 44.3. The van der Waals surface area contributed by atoms with Crippen LogP contribution in [0.2, 0.25) is 0 Å². The van der Waals surface area contributed by atoms with Gasteiger partial charge in [-0.1, -0.05) is 6.07 Å². The minimum atomic E-state index is -1.08. The van der Waals surface area contributed by atoms with Crippen molar-refractivity contribution in [3.8, 4) is 0 Å². The number of aryl methyl sites for hydroxylation is 1. The first-order valence-corrected chi connectivity index (χ1v) is 9.31. The lowest BCUT2D eigenvalue weighted by Gasteiger charge is -2.19. The zero-order valence-electron chi connectivity index (χ0n) is 13.5. The molecule has 7 nitrogen and oxygen atoms in total. The average Bonchev–Trinajstić information content (AvgIpc) is 3.26. The number of rotatable bonds is 3. The standard InChI is InChI=1S/C16H14N4O3S2/c1-9-8-25-15-17-10(6-12(21)20(9)15)7-19-13(22)16(2,18-14(19)23)11-4-3-5-24-11/h3-6,8H,7H2,1-2H3,(H,18,23). The van der Waals surface area contributed by atoms with Gasteiger partial charge in [0, 0.05) is 22.0 Å². The summed E-state index contributed by atoms with van der Waals surface area (Å²) in [6, 6.07) is 4.54. The predicted molar refractivity (Wildman–Crippen MR) is 94.8 cm³/mol. The Labute approximate surface area is 150 Å². The van der Waals surface area contributed by atoms with Crippen LogP contribution in [0.25, 0.3) is 4.96 Å². The van der Waals surface area contributed by atoms with Crippen LogP contribution in [-0.2, 0) is 16.9 Å². The van der Waals surface area contributed by atoms with Gasteiger partial charge < -0.3 is 5.32 Å². The summed E-state index contributed by atoms with van der Waals surface area (Å²) in [6.45, 7) is 3.48. The number of aromatic nitrogens is 2. The minimum Gasteiger partial charge on any atom is -0.319 e. The molecule has 4 rings (SSSR count). The van der Waals surface area contributed by atoms with Gasteiger partial charge in [0.15, 0.2) is 10.5 Å². The smallest absolute Gasteiger partial charge is 0.319 e. The Morgan fingerprint density at radius 1 is 1.28 bits per heavy atom. The van der Waals surface area contributed by atoms with Crippen molar-refractivity contribution in [1.29, 1.82) is 0 Å². The van der Waals surface area contributed by atoms with E-state index >= 15 is 0 Å². The second kappa shape index (κ2) is 5.50. The summed E-state index contributed by atoms with van der Waals surface area (Å²) in [7, 11) is 0. The molecule has 1 aliphatic heterocycles. The average molecular weight is 374 g/mol. The van der Waals surface area contributed by atoms with Crippen molar-refractivity contribution in [2.24, 2.45) is 0 Å². The van der Waals surface area contributed by atoms with Crippen molar-refractivity contribution in [3.05, 3.63) is 55.6 Å². The van der Waals surface area contributed by atoms with Crippen LogP contribution in [0.15, 0.2) is 33.8 Å². The molecule has 1 saturated heterocycles. The molecule has 1 atom stereocenters. The molecule has 3 amide bonds. The fourth-order valence-electron chi connectivity index (χ4n) is 2.91. The first-order valence-electron chi connectivity index (χ1n) is 7.55. The van der Waals surface area contributed by atoms with Crippen molar-refractivity contribution in [2.75, 3.05) is 0 Å². The quantitative estimate of drug-likeness (QED) is 0.712. The highest BCUT2D eigenvalue weighted by Gasteiger charge is 2.49. The summed E-state index contributed by atoms with van der Waals surface area (Å²) in [6.07, 6.45) is 0. The van der Waals surface area contributed by atoms with Gasteiger partial charge in [0.1, 0.15) is 0 Å².